The number of fused-ring (bicyclic) bond motifs is 1. The molecule has 3 heteroatoms. The zero-order valence-electron chi connectivity index (χ0n) is 11.3. The number of rotatable bonds is 3. The molecule has 2 aliphatic heterocycles. The lowest BCUT2D eigenvalue weighted by molar-refractivity contribution is 0.0252. The van der Waals surface area contributed by atoms with Crippen molar-refractivity contribution in [2.45, 2.75) is 31.4 Å². The fourth-order valence-corrected chi connectivity index (χ4v) is 2.96. The van der Waals surface area contributed by atoms with Crippen molar-refractivity contribution in [2.75, 3.05) is 19.7 Å². The van der Waals surface area contributed by atoms with Crippen LogP contribution in [0.4, 0.5) is 0 Å². The van der Waals surface area contributed by atoms with Gasteiger partial charge in [0, 0.05) is 0 Å². The van der Waals surface area contributed by atoms with Crippen LogP contribution in [0.25, 0.3) is 0 Å². The first-order chi connectivity index (χ1) is 9.38. The van der Waals surface area contributed by atoms with Crippen molar-refractivity contribution in [1.29, 1.82) is 0 Å². The van der Waals surface area contributed by atoms with Gasteiger partial charge < -0.3 is 9.47 Å². The Hall–Kier alpha value is -1.48. The Morgan fingerprint density at radius 3 is 2.63 bits per heavy atom. The smallest absolute Gasteiger partial charge is 0.161 e. The Labute approximate surface area is 114 Å². The molecule has 0 N–H and O–H groups in total. The molecule has 0 bridgehead atoms. The van der Waals surface area contributed by atoms with E-state index in [1.165, 1.54) is 19.3 Å². The lowest BCUT2D eigenvalue weighted by Crippen LogP contribution is -2.50. The number of likely N-dealkylation sites (tertiary alicyclic amines) is 1. The van der Waals surface area contributed by atoms with Gasteiger partial charge in [0.15, 0.2) is 17.6 Å². The van der Waals surface area contributed by atoms with Crippen LogP contribution in [0.5, 0.6) is 11.5 Å². The first-order valence-corrected chi connectivity index (χ1v) is 7.13. The molecule has 3 nitrogen and oxygen atoms in total. The first kappa shape index (κ1) is 12.5. The predicted octanol–water partition coefficient (Wildman–Crippen LogP) is 2.87. The SMILES string of the molecule is C=CC(C1COc2ccccc2O1)N1CCCCC1. The standard InChI is InChI=1S/C16H21NO2/c1-2-13(17-10-6-3-7-11-17)16-12-18-14-8-4-5-9-15(14)19-16/h2,4-5,8-9,13,16H,1,3,6-7,10-12H2. The maximum Gasteiger partial charge on any atom is 0.161 e. The van der Waals surface area contributed by atoms with Gasteiger partial charge in [0.25, 0.3) is 0 Å². The van der Waals surface area contributed by atoms with Crippen molar-refractivity contribution in [3.63, 3.8) is 0 Å². The molecule has 1 aromatic rings. The van der Waals surface area contributed by atoms with Gasteiger partial charge in [-0.05, 0) is 38.1 Å². The normalized spacial score (nSPS) is 24.7. The molecule has 2 aliphatic rings. The quantitative estimate of drug-likeness (QED) is 0.779. The van der Waals surface area contributed by atoms with Crippen LogP contribution < -0.4 is 9.47 Å². The average molecular weight is 259 g/mol. The molecule has 2 unspecified atom stereocenters. The van der Waals surface area contributed by atoms with Crippen LogP contribution in [-0.2, 0) is 0 Å². The van der Waals surface area contributed by atoms with E-state index in [1.807, 2.05) is 30.3 Å². The van der Waals surface area contributed by atoms with Crippen molar-refractivity contribution in [2.24, 2.45) is 0 Å². The molecule has 2 heterocycles. The highest BCUT2D eigenvalue weighted by Gasteiger charge is 2.31. The van der Waals surface area contributed by atoms with E-state index in [9.17, 15) is 0 Å². The van der Waals surface area contributed by atoms with Gasteiger partial charge in [0.05, 0.1) is 6.04 Å². The maximum absolute atomic E-state index is 6.10. The highest BCUT2D eigenvalue weighted by Crippen LogP contribution is 2.32. The summed E-state index contributed by atoms with van der Waals surface area (Å²) >= 11 is 0. The van der Waals surface area contributed by atoms with Gasteiger partial charge in [-0.2, -0.15) is 0 Å². The highest BCUT2D eigenvalue weighted by atomic mass is 16.6. The third kappa shape index (κ3) is 2.61. The average Bonchev–Trinajstić information content (AvgIpc) is 2.49. The predicted molar refractivity (Wildman–Crippen MR) is 75.8 cm³/mol. The molecule has 0 saturated carbocycles. The molecule has 0 aliphatic carbocycles. The van der Waals surface area contributed by atoms with Gasteiger partial charge in [0.2, 0.25) is 0 Å². The van der Waals surface area contributed by atoms with Crippen molar-refractivity contribution in [3.05, 3.63) is 36.9 Å². The van der Waals surface area contributed by atoms with E-state index in [4.69, 9.17) is 9.47 Å². The lowest BCUT2D eigenvalue weighted by atomic mass is 10.0. The summed E-state index contributed by atoms with van der Waals surface area (Å²) in [5, 5.41) is 0. The third-order valence-corrected chi connectivity index (χ3v) is 3.97. The molecule has 0 amide bonds. The molecule has 1 saturated heterocycles. The summed E-state index contributed by atoms with van der Waals surface area (Å²) in [7, 11) is 0. The van der Waals surface area contributed by atoms with Crippen LogP contribution >= 0.6 is 0 Å². The lowest BCUT2D eigenvalue weighted by Gasteiger charge is -2.39. The molecule has 0 radical (unpaired) electrons. The van der Waals surface area contributed by atoms with Crippen LogP contribution in [0.3, 0.4) is 0 Å². The van der Waals surface area contributed by atoms with E-state index in [0.29, 0.717) is 6.61 Å². The molecule has 3 rings (SSSR count). The molecule has 2 atom stereocenters. The Morgan fingerprint density at radius 2 is 1.89 bits per heavy atom. The van der Waals surface area contributed by atoms with E-state index in [0.717, 1.165) is 24.6 Å². The Kier molecular flexibility index (Phi) is 3.74. The minimum atomic E-state index is 0.0468. The summed E-state index contributed by atoms with van der Waals surface area (Å²) in [4.78, 5) is 2.47. The largest absolute Gasteiger partial charge is 0.486 e. The zero-order valence-corrected chi connectivity index (χ0v) is 11.3. The molecule has 19 heavy (non-hydrogen) atoms. The zero-order chi connectivity index (χ0) is 13.1. The number of nitrogens with zero attached hydrogens (tertiary/aromatic N) is 1. The summed E-state index contributed by atoms with van der Waals surface area (Å²) in [5.74, 6) is 1.70. The minimum Gasteiger partial charge on any atom is -0.486 e. The third-order valence-electron chi connectivity index (χ3n) is 3.97. The second-order valence-corrected chi connectivity index (χ2v) is 5.24. The number of para-hydroxylation sites is 2. The van der Waals surface area contributed by atoms with Crippen LogP contribution in [-0.4, -0.2) is 36.7 Å². The minimum absolute atomic E-state index is 0.0468. The van der Waals surface area contributed by atoms with Crippen LogP contribution in [0.2, 0.25) is 0 Å². The summed E-state index contributed by atoms with van der Waals surface area (Å²) in [6.07, 6.45) is 5.94. The molecule has 1 fully saturated rings. The Balaban J connectivity index is 1.73. The van der Waals surface area contributed by atoms with Gasteiger partial charge >= 0.3 is 0 Å². The fourth-order valence-electron chi connectivity index (χ4n) is 2.96. The molecule has 102 valence electrons. The van der Waals surface area contributed by atoms with Crippen molar-refractivity contribution in [3.8, 4) is 11.5 Å². The van der Waals surface area contributed by atoms with Crippen LogP contribution in [0.1, 0.15) is 19.3 Å². The van der Waals surface area contributed by atoms with E-state index < -0.39 is 0 Å². The second kappa shape index (κ2) is 5.66. The van der Waals surface area contributed by atoms with Crippen LogP contribution in [0.15, 0.2) is 36.9 Å². The molecule has 1 aromatic carbocycles. The molecular formula is C16H21NO2. The van der Waals surface area contributed by atoms with Crippen molar-refractivity contribution in [1.82, 2.24) is 4.90 Å². The fraction of sp³-hybridized carbons (Fsp3) is 0.500. The summed E-state index contributed by atoms with van der Waals surface area (Å²) in [6, 6.07) is 8.12. The number of hydrogen-bond acceptors (Lipinski definition) is 3. The van der Waals surface area contributed by atoms with Crippen molar-refractivity contribution >= 4 is 0 Å². The first-order valence-electron chi connectivity index (χ1n) is 7.13. The summed E-state index contributed by atoms with van der Waals surface area (Å²) in [5.41, 5.74) is 0. The topological polar surface area (TPSA) is 21.7 Å². The molecule has 0 aromatic heterocycles. The van der Waals surface area contributed by atoms with Gasteiger partial charge in [-0.25, -0.2) is 0 Å². The number of ether oxygens (including phenoxy) is 2. The van der Waals surface area contributed by atoms with Crippen LogP contribution in [0, 0.1) is 0 Å². The molecule has 0 spiro atoms. The van der Waals surface area contributed by atoms with Gasteiger partial charge in [-0.3, -0.25) is 4.90 Å². The highest BCUT2D eigenvalue weighted by molar-refractivity contribution is 5.41. The monoisotopic (exact) mass is 259 g/mol. The summed E-state index contributed by atoms with van der Waals surface area (Å²) in [6.45, 7) is 6.87. The van der Waals surface area contributed by atoms with E-state index in [1.54, 1.807) is 0 Å². The maximum atomic E-state index is 6.10. The van der Waals surface area contributed by atoms with E-state index >= 15 is 0 Å². The summed E-state index contributed by atoms with van der Waals surface area (Å²) < 4.78 is 11.9. The van der Waals surface area contributed by atoms with E-state index in [-0.39, 0.29) is 12.1 Å². The van der Waals surface area contributed by atoms with Gasteiger partial charge in [0.1, 0.15) is 6.61 Å². The number of piperidine rings is 1. The molecular weight excluding hydrogens is 238 g/mol. The van der Waals surface area contributed by atoms with Gasteiger partial charge in [-0.15, -0.1) is 6.58 Å². The Bertz CT molecular complexity index is 440. The van der Waals surface area contributed by atoms with E-state index in [2.05, 4.69) is 11.5 Å². The Morgan fingerprint density at radius 1 is 1.16 bits per heavy atom. The van der Waals surface area contributed by atoms with Gasteiger partial charge in [-0.1, -0.05) is 24.6 Å². The number of hydrogen-bond donors (Lipinski definition) is 0. The second-order valence-electron chi connectivity index (χ2n) is 5.24. The van der Waals surface area contributed by atoms with Crippen molar-refractivity contribution < 1.29 is 9.47 Å². The number of benzene rings is 1.